The normalized spacial score (nSPS) is 15.6. The van der Waals surface area contributed by atoms with E-state index in [0.717, 1.165) is 16.5 Å². The second kappa shape index (κ2) is 7.65. The summed E-state index contributed by atoms with van der Waals surface area (Å²) in [5.74, 6) is -0.0180. The molecule has 0 spiro atoms. The number of carbonyl (C=O) groups excluding carboxylic acids is 1. The molecule has 0 unspecified atom stereocenters. The van der Waals surface area contributed by atoms with Crippen molar-refractivity contribution in [1.82, 2.24) is 19.2 Å². The van der Waals surface area contributed by atoms with Gasteiger partial charge in [-0.05, 0) is 29.8 Å². The molecule has 0 aliphatic carbocycles. The Morgan fingerprint density at radius 2 is 1.79 bits per heavy atom. The molecular formula is C20H20N4O3S. The van der Waals surface area contributed by atoms with Crippen LogP contribution < -0.4 is 0 Å². The lowest BCUT2D eigenvalue weighted by molar-refractivity contribution is -0.131. The zero-order valence-electron chi connectivity index (χ0n) is 15.2. The number of nitrogens with zero attached hydrogens (tertiary/aromatic N) is 4. The molecule has 1 aliphatic heterocycles. The highest BCUT2D eigenvalue weighted by Gasteiger charge is 2.30. The monoisotopic (exact) mass is 396 g/mol. The van der Waals surface area contributed by atoms with E-state index in [2.05, 4.69) is 9.97 Å². The first kappa shape index (κ1) is 18.5. The van der Waals surface area contributed by atoms with Crippen LogP contribution in [-0.2, 0) is 21.2 Å². The molecule has 4 rings (SSSR count). The predicted octanol–water partition coefficient (Wildman–Crippen LogP) is 1.71. The van der Waals surface area contributed by atoms with E-state index in [1.807, 2.05) is 30.3 Å². The van der Waals surface area contributed by atoms with Crippen LogP contribution in [0, 0.1) is 0 Å². The first-order valence-electron chi connectivity index (χ1n) is 9.06. The van der Waals surface area contributed by atoms with Crippen LogP contribution in [0.3, 0.4) is 0 Å². The number of fused-ring (bicyclic) bond motifs is 1. The lowest BCUT2D eigenvalue weighted by Crippen LogP contribution is -2.50. The van der Waals surface area contributed by atoms with E-state index in [9.17, 15) is 13.2 Å². The Labute approximate surface area is 163 Å². The molecule has 1 amide bonds. The number of hydrogen-bond acceptors (Lipinski definition) is 5. The Morgan fingerprint density at radius 1 is 1.00 bits per heavy atom. The summed E-state index contributed by atoms with van der Waals surface area (Å²) in [4.78, 5) is 22.8. The van der Waals surface area contributed by atoms with Gasteiger partial charge in [-0.15, -0.1) is 0 Å². The fourth-order valence-corrected chi connectivity index (χ4v) is 4.71. The van der Waals surface area contributed by atoms with Crippen molar-refractivity contribution in [2.24, 2.45) is 0 Å². The molecule has 3 heterocycles. The molecule has 2 aromatic heterocycles. The van der Waals surface area contributed by atoms with E-state index in [1.54, 1.807) is 17.2 Å². The minimum Gasteiger partial charge on any atom is -0.340 e. The third-order valence-corrected chi connectivity index (χ3v) is 6.75. The van der Waals surface area contributed by atoms with Gasteiger partial charge in [-0.25, -0.2) is 8.42 Å². The number of rotatable bonds is 4. The minimum absolute atomic E-state index is 0.0180. The first-order valence-corrected chi connectivity index (χ1v) is 10.5. The van der Waals surface area contributed by atoms with E-state index in [0.29, 0.717) is 13.1 Å². The average Bonchev–Trinajstić information content (AvgIpc) is 2.74. The highest BCUT2D eigenvalue weighted by molar-refractivity contribution is 7.89. The average molecular weight is 396 g/mol. The molecule has 8 heteroatoms. The van der Waals surface area contributed by atoms with Gasteiger partial charge in [0.05, 0.1) is 11.9 Å². The topological polar surface area (TPSA) is 83.5 Å². The van der Waals surface area contributed by atoms with Crippen LogP contribution in [0.5, 0.6) is 0 Å². The van der Waals surface area contributed by atoms with Crippen LogP contribution in [-0.4, -0.2) is 59.7 Å². The van der Waals surface area contributed by atoms with Crippen molar-refractivity contribution in [2.75, 3.05) is 26.2 Å². The third kappa shape index (κ3) is 3.74. The number of carbonyl (C=O) groups is 1. The predicted molar refractivity (Wildman–Crippen MR) is 105 cm³/mol. The Morgan fingerprint density at radius 3 is 2.54 bits per heavy atom. The van der Waals surface area contributed by atoms with Crippen molar-refractivity contribution in [3.8, 4) is 0 Å². The van der Waals surface area contributed by atoms with E-state index < -0.39 is 10.0 Å². The molecule has 1 aromatic carbocycles. The van der Waals surface area contributed by atoms with Crippen LogP contribution in [0.1, 0.15) is 5.56 Å². The van der Waals surface area contributed by atoms with Gasteiger partial charge in [0.15, 0.2) is 0 Å². The highest BCUT2D eigenvalue weighted by Crippen LogP contribution is 2.18. The molecule has 0 radical (unpaired) electrons. The molecular weight excluding hydrogens is 376 g/mol. The number of piperazine rings is 1. The molecule has 0 saturated carbocycles. The number of amides is 1. The molecule has 3 aromatic rings. The Balaban J connectivity index is 1.39. The number of hydrogen-bond donors (Lipinski definition) is 0. The summed E-state index contributed by atoms with van der Waals surface area (Å²) < 4.78 is 26.7. The van der Waals surface area contributed by atoms with Crippen molar-refractivity contribution in [2.45, 2.75) is 11.3 Å². The Hall–Kier alpha value is -2.84. The van der Waals surface area contributed by atoms with Gasteiger partial charge in [0, 0.05) is 50.2 Å². The fourth-order valence-electron chi connectivity index (χ4n) is 3.33. The van der Waals surface area contributed by atoms with Gasteiger partial charge in [-0.2, -0.15) is 4.31 Å². The summed E-state index contributed by atoms with van der Waals surface area (Å²) in [5.41, 5.74) is 1.75. The third-order valence-electron chi connectivity index (χ3n) is 4.87. The van der Waals surface area contributed by atoms with Crippen molar-refractivity contribution in [1.29, 1.82) is 0 Å². The summed E-state index contributed by atoms with van der Waals surface area (Å²) in [5, 5.41) is 1.00. The zero-order chi connectivity index (χ0) is 19.6. The van der Waals surface area contributed by atoms with Crippen LogP contribution in [0.15, 0.2) is 66.0 Å². The molecule has 7 nitrogen and oxygen atoms in total. The van der Waals surface area contributed by atoms with Crippen molar-refractivity contribution in [3.63, 3.8) is 0 Å². The number of para-hydroxylation sites is 1. The summed E-state index contributed by atoms with van der Waals surface area (Å²) in [6.45, 7) is 1.30. The fraction of sp³-hybridized carbons (Fsp3) is 0.250. The van der Waals surface area contributed by atoms with Crippen molar-refractivity contribution < 1.29 is 13.2 Å². The standard InChI is InChI=1S/C20H20N4O3S/c25-20(13-16-12-17-4-1-2-6-19(17)22-14-16)23-8-10-24(11-9-23)28(26,27)18-5-3-7-21-15-18/h1-7,12,14-15H,8-11,13H2. The van der Waals surface area contributed by atoms with Crippen molar-refractivity contribution >= 4 is 26.8 Å². The molecule has 1 saturated heterocycles. The van der Waals surface area contributed by atoms with Crippen LogP contribution in [0.25, 0.3) is 10.9 Å². The maximum absolute atomic E-state index is 12.7. The minimum atomic E-state index is -3.57. The Bertz CT molecular complexity index is 1090. The second-order valence-electron chi connectivity index (χ2n) is 6.69. The van der Waals surface area contributed by atoms with Gasteiger partial charge in [-0.1, -0.05) is 18.2 Å². The molecule has 0 atom stereocenters. The zero-order valence-corrected chi connectivity index (χ0v) is 16.0. The highest BCUT2D eigenvalue weighted by atomic mass is 32.2. The molecule has 144 valence electrons. The number of aromatic nitrogens is 2. The second-order valence-corrected chi connectivity index (χ2v) is 8.62. The summed E-state index contributed by atoms with van der Waals surface area (Å²) in [6.07, 6.45) is 4.87. The lowest BCUT2D eigenvalue weighted by Gasteiger charge is -2.34. The van der Waals surface area contributed by atoms with E-state index >= 15 is 0 Å². The number of benzene rings is 1. The summed E-state index contributed by atoms with van der Waals surface area (Å²) in [6, 6.07) is 12.9. The maximum Gasteiger partial charge on any atom is 0.244 e. The number of pyridine rings is 2. The SMILES string of the molecule is O=C(Cc1cnc2ccccc2c1)N1CCN(S(=O)(=O)c2cccnc2)CC1. The van der Waals surface area contributed by atoms with Gasteiger partial charge >= 0.3 is 0 Å². The summed E-state index contributed by atoms with van der Waals surface area (Å²) >= 11 is 0. The van der Waals surface area contributed by atoms with Crippen LogP contribution in [0.4, 0.5) is 0 Å². The maximum atomic E-state index is 12.7. The molecule has 0 N–H and O–H groups in total. The van der Waals surface area contributed by atoms with E-state index in [1.165, 1.54) is 22.8 Å². The molecule has 1 fully saturated rings. The largest absolute Gasteiger partial charge is 0.340 e. The summed E-state index contributed by atoms with van der Waals surface area (Å²) in [7, 11) is -3.57. The molecule has 1 aliphatic rings. The van der Waals surface area contributed by atoms with Crippen LogP contribution >= 0.6 is 0 Å². The molecule has 28 heavy (non-hydrogen) atoms. The molecule has 0 bridgehead atoms. The van der Waals surface area contributed by atoms with Crippen molar-refractivity contribution in [3.05, 3.63) is 66.6 Å². The van der Waals surface area contributed by atoms with E-state index in [4.69, 9.17) is 0 Å². The lowest BCUT2D eigenvalue weighted by atomic mass is 10.1. The van der Waals surface area contributed by atoms with Gasteiger partial charge in [0.2, 0.25) is 15.9 Å². The number of sulfonamides is 1. The van der Waals surface area contributed by atoms with Gasteiger partial charge in [-0.3, -0.25) is 14.8 Å². The van der Waals surface area contributed by atoms with Gasteiger partial charge < -0.3 is 4.90 Å². The van der Waals surface area contributed by atoms with E-state index in [-0.39, 0.29) is 30.3 Å². The van der Waals surface area contributed by atoms with Gasteiger partial charge in [0.1, 0.15) is 4.90 Å². The van der Waals surface area contributed by atoms with Crippen LogP contribution in [0.2, 0.25) is 0 Å². The smallest absolute Gasteiger partial charge is 0.244 e. The van der Waals surface area contributed by atoms with Gasteiger partial charge in [0.25, 0.3) is 0 Å². The Kier molecular flexibility index (Phi) is 5.06. The quantitative estimate of drug-likeness (QED) is 0.670. The first-order chi connectivity index (χ1) is 13.5.